The van der Waals surface area contributed by atoms with Gasteiger partial charge in [-0.1, -0.05) is 13.3 Å². The summed E-state index contributed by atoms with van der Waals surface area (Å²) in [5.41, 5.74) is 0.693. The molecule has 0 heterocycles. The lowest BCUT2D eigenvalue weighted by Crippen LogP contribution is -2.04. The normalized spacial score (nSPS) is 12.1. The predicted molar refractivity (Wildman–Crippen MR) is 67.4 cm³/mol. The zero-order chi connectivity index (χ0) is 11.8. The van der Waals surface area contributed by atoms with E-state index in [1.54, 1.807) is 11.8 Å². The molecule has 0 saturated heterocycles. The van der Waals surface area contributed by atoms with Crippen LogP contribution in [-0.4, -0.2) is 17.0 Å². The molecule has 0 radical (unpaired) electrons. The smallest absolute Gasteiger partial charge is 0.0991 e. The Balaban J connectivity index is 2.59. The Labute approximate surface area is 101 Å². The summed E-state index contributed by atoms with van der Waals surface area (Å²) in [5.74, 6) is 0. The molecular formula is C13H17NOS. The largest absolute Gasteiger partial charge is 0.396 e. The maximum atomic E-state index is 8.97. The van der Waals surface area contributed by atoms with Crippen LogP contribution in [0.15, 0.2) is 29.2 Å². The van der Waals surface area contributed by atoms with Gasteiger partial charge in [0.1, 0.15) is 0 Å². The van der Waals surface area contributed by atoms with Crippen LogP contribution in [0.25, 0.3) is 0 Å². The average molecular weight is 235 g/mol. The van der Waals surface area contributed by atoms with Crippen molar-refractivity contribution in [2.75, 3.05) is 6.61 Å². The third-order valence-electron chi connectivity index (χ3n) is 2.35. The van der Waals surface area contributed by atoms with Gasteiger partial charge in [-0.15, -0.1) is 11.8 Å². The van der Waals surface area contributed by atoms with Crippen LogP contribution in [-0.2, 0) is 0 Å². The second kappa shape index (κ2) is 7.32. The van der Waals surface area contributed by atoms with Crippen LogP contribution >= 0.6 is 11.8 Å². The molecule has 0 aliphatic carbocycles. The first-order chi connectivity index (χ1) is 7.80. The van der Waals surface area contributed by atoms with E-state index in [0.29, 0.717) is 10.8 Å². The number of aliphatic hydroxyl groups excluding tert-OH is 1. The van der Waals surface area contributed by atoms with E-state index < -0.39 is 0 Å². The van der Waals surface area contributed by atoms with E-state index in [9.17, 15) is 0 Å². The molecule has 1 rings (SSSR count). The van der Waals surface area contributed by atoms with Crippen LogP contribution in [0.4, 0.5) is 0 Å². The monoisotopic (exact) mass is 235 g/mol. The van der Waals surface area contributed by atoms with Gasteiger partial charge in [-0.25, -0.2) is 0 Å². The summed E-state index contributed by atoms with van der Waals surface area (Å²) in [7, 11) is 0. The number of rotatable bonds is 6. The fourth-order valence-corrected chi connectivity index (χ4v) is 2.78. The molecule has 0 saturated carbocycles. The molecule has 2 nitrogen and oxygen atoms in total. The predicted octanol–water partition coefficient (Wildman–Crippen LogP) is 3.20. The van der Waals surface area contributed by atoms with E-state index in [2.05, 4.69) is 13.0 Å². The van der Waals surface area contributed by atoms with Crippen LogP contribution in [0, 0.1) is 11.3 Å². The van der Waals surface area contributed by atoms with Crippen LogP contribution in [0.1, 0.15) is 31.7 Å². The highest BCUT2D eigenvalue weighted by atomic mass is 32.2. The standard InChI is InChI=1S/C13H17NOS/c1-2-3-12(8-9-15)16-13-6-4-11(10-14)5-7-13/h4-7,12,15H,2-3,8-9H2,1H3. The number of nitrogens with zero attached hydrogens (tertiary/aromatic N) is 1. The van der Waals surface area contributed by atoms with Gasteiger partial charge in [0.25, 0.3) is 0 Å². The minimum absolute atomic E-state index is 0.244. The van der Waals surface area contributed by atoms with Crippen molar-refractivity contribution < 1.29 is 5.11 Å². The van der Waals surface area contributed by atoms with Gasteiger partial charge in [-0.2, -0.15) is 5.26 Å². The fourth-order valence-electron chi connectivity index (χ4n) is 1.53. The molecule has 3 heteroatoms. The van der Waals surface area contributed by atoms with Crippen molar-refractivity contribution in [2.24, 2.45) is 0 Å². The Morgan fingerprint density at radius 2 is 2.00 bits per heavy atom. The van der Waals surface area contributed by atoms with E-state index in [4.69, 9.17) is 10.4 Å². The number of aliphatic hydroxyl groups is 1. The first-order valence-electron chi connectivity index (χ1n) is 5.57. The van der Waals surface area contributed by atoms with E-state index in [1.807, 2.05) is 24.3 Å². The second-order valence-electron chi connectivity index (χ2n) is 3.68. The first-order valence-corrected chi connectivity index (χ1v) is 6.45. The van der Waals surface area contributed by atoms with E-state index in [1.165, 1.54) is 4.90 Å². The van der Waals surface area contributed by atoms with Crippen LogP contribution < -0.4 is 0 Å². The lowest BCUT2D eigenvalue weighted by atomic mass is 10.2. The van der Waals surface area contributed by atoms with Crippen LogP contribution in [0.5, 0.6) is 0 Å². The molecule has 16 heavy (non-hydrogen) atoms. The highest BCUT2D eigenvalue weighted by Gasteiger charge is 2.08. The van der Waals surface area contributed by atoms with Gasteiger partial charge in [0, 0.05) is 16.8 Å². The molecule has 1 aromatic carbocycles. The third-order valence-corrected chi connectivity index (χ3v) is 3.70. The van der Waals surface area contributed by atoms with E-state index >= 15 is 0 Å². The molecule has 0 aromatic heterocycles. The molecule has 0 bridgehead atoms. The van der Waals surface area contributed by atoms with Crippen molar-refractivity contribution in [3.05, 3.63) is 29.8 Å². The van der Waals surface area contributed by atoms with Gasteiger partial charge in [0.2, 0.25) is 0 Å². The Kier molecular flexibility index (Phi) is 5.99. The van der Waals surface area contributed by atoms with Crippen molar-refractivity contribution in [3.8, 4) is 6.07 Å². The maximum absolute atomic E-state index is 8.97. The summed E-state index contributed by atoms with van der Waals surface area (Å²) < 4.78 is 0. The van der Waals surface area contributed by atoms with Crippen molar-refractivity contribution in [3.63, 3.8) is 0 Å². The van der Waals surface area contributed by atoms with Crippen molar-refractivity contribution in [1.29, 1.82) is 5.26 Å². The molecule has 0 aliphatic rings. The zero-order valence-corrected chi connectivity index (χ0v) is 10.3. The van der Waals surface area contributed by atoms with Gasteiger partial charge in [0.15, 0.2) is 0 Å². The third kappa shape index (κ3) is 4.26. The van der Waals surface area contributed by atoms with Gasteiger partial charge >= 0.3 is 0 Å². The number of hydrogen-bond donors (Lipinski definition) is 1. The molecule has 0 aliphatic heterocycles. The number of hydrogen-bond acceptors (Lipinski definition) is 3. The van der Waals surface area contributed by atoms with Gasteiger partial charge in [-0.3, -0.25) is 0 Å². The topological polar surface area (TPSA) is 44.0 Å². The second-order valence-corrected chi connectivity index (χ2v) is 5.05. The van der Waals surface area contributed by atoms with Gasteiger partial charge < -0.3 is 5.11 Å². The maximum Gasteiger partial charge on any atom is 0.0991 e. The molecule has 1 N–H and O–H groups in total. The summed E-state index contributed by atoms with van der Waals surface area (Å²) in [6.45, 7) is 2.40. The van der Waals surface area contributed by atoms with Crippen molar-refractivity contribution in [2.45, 2.75) is 36.3 Å². The fraction of sp³-hybridized carbons (Fsp3) is 0.462. The summed E-state index contributed by atoms with van der Waals surface area (Å²) in [5, 5.41) is 18.1. The number of thioether (sulfide) groups is 1. The number of benzene rings is 1. The summed E-state index contributed by atoms with van der Waals surface area (Å²) in [6.07, 6.45) is 3.08. The van der Waals surface area contributed by atoms with Crippen molar-refractivity contribution in [1.82, 2.24) is 0 Å². The summed E-state index contributed by atoms with van der Waals surface area (Å²) >= 11 is 1.79. The molecule has 0 fully saturated rings. The summed E-state index contributed by atoms with van der Waals surface area (Å²) in [6, 6.07) is 9.73. The highest BCUT2D eigenvalue weighted by Crippen LogP contribution is 2.28. The molecule has 1 unspecified atom stereocenters. The quantitative estimate of drug-likeness (QED) is 0.770. The van der Waals surface area contributed by atoms with Crippen LogP contribution in [0.3, 0.4) is 0 Å². The van der Waals surface area contributed by atoms with Crippen LogP contribution in [0.2, 0.25) is 0 Å². The summed E-state index contributed by atoms with van der Waals surface area (Å²) in [4.78, 5) is 1.17. The zero-order valence-electron chi connectivity index (χ0n) is 9.52. The lowest BCUT2D eigenvalue weighted by molar-refractivity contribution is 0.285. The SMILES string of the molecule is CCCC(CCO)Sc1ccc(C#N)cc1. The van der Waals surface area contributed by atoms with Crippen molar-refractivity contribution >= 4 is 11.8 Å². The molecule has 1 aromatic rings. The highest BCUT2D eigenvalue weighted by molar-refractivity contribution is 8.00. The van der Waals surface area contributed by atoms with Gasteiger partial charge in [0.05, 0.1) is 11.6 Å². The van der Waals surface area contributed by atoms with Gasteiger partial charge in [-0.05, 0) is 37.1 Å². The molecule has 1 atom stereocenters. The molecule has 0 spiro atoms. The lowest BCUT2D eigenvalue weighted by Gasteiger charge is -2.14. The minimum Gasteiger partial charge on any atom is -0.396 e. The molecule has 86 valence electrons. The average Bonchev–Trinajstić information content (AvgIpc) is 2.31. The van der Waals surface area contributed by atoms with E-state index in [0.717, 1.165) is 19.3 Å². The first kappa shape index (κ1) is 13.1. The van der Waals surface area contributed by atoms with E-state index in [-0.39, 0.29) is 6.61 Å². The molecule has 0 amide bonds. The Hall–Kier alpha value is -0.980. The Morgan fingerprint density at radius 3 is 2.50 bits per heavy atom. The Bertz CT molecular complexity index is 336. The molecular weight excluding hydrogens is 218 g/mol. The number of nitriles is 1. The minimum atomic E-state index is 0.244. The Morgan fingerprint density at radius 1 is 1.31 bits per heavy atom.